The Balaban J connectivity index is 2.22. The topological polar surface area (TPSA) is 149 Å². The Morgan fingerprint density at radius 2 is 0.982 bits per heavy atom. The fraction of sp³-hybridized carbons (Fsp3) is 0.938. The van der Waals surface area contributed by atoms with Crippen LogP contribution < -0.4 is 5.32 Å². The number of carbonyl (C=O) groups is 1. The van der Waals surface area contributed by atoms with Crippen molar-refractivity contribution in [3.63, 3.8) is 0 Å². The lowest BCUT2D eigenvalue weighted by molar-refractivity contribution is -0.302. The molecule has 1 aliphatic rings. The van der Waals surface area contributed by atoms with Crippen LogP contribution in [0.4, 0.5) is 0 Å². The Hall–Kier alpha value is -1.07. The average Bonchev–Trinajstić information content (AvgIpc) is 3.21. The van der Waals surface area contributed by atoms with Gasteiger partial charge in [-0.05, 0) is 38.5 Å². The Bertz CT molecular complexity index is 904. The summed E-state index contributed by atoms with van der Waals surface area (Å²) in [6, 6.07) is -0.714. The lowest BCUT2D eigenvalue weighted by Crippen LogP contribution is -2.60. The van der Waals surface area contributed by atoms with Crippen LogP contribution in [-0.4, -0.2) is 87.5 Å². The van der Waals surface area contributed by atoms with Gasteiger partial charge in [-0.15, -0.1) is 0 Å². The maximum Gasteiger partial charge on any atom is 0.220 e. The Kier molecular flexibility index (Phi) is 37.0. The van der Waals surface area contributed by atoms with E-state index in [4.69, 9.17) is 9.47 Å². The first kappa shape index (κ1) is 53.9. The molecule has 7 atom stereocenters. The van der Waals surface area contributed by atoms with Gasteiger partial charge in [0.05, 0.1) is 25.4 Å². The highest BCUT2D eigenvalue weighted by atomic mass is 16.7. The summed E-state index contributed by atoms with van der Waals surface area (Å²) in [7, 11) is 0. The number of hydrogen-bond acceptors (Lipinski definition) is 8. The molecule has 0 bridgehead atoms. The van der Waals surface area contributed by atoms with Crippen LogP contribution in [0.15, 0.2) is 12.2 Å². The number of allylic oxidation sites excluding steroid dienone is 2. The molecule has 0 aromatic rings. The summed E-state index contributed by atoms with van der Waals surface area (Å²) >= 11 is 0. The maximum absolute atomic E-state index is 13.0. The molecule has 9 nitrogen and oxygen atoms in total. The predicted octanol–water partition coefficient (Wildman–Crippen LogP) is 10.5. The Morgan fingerprint density at radius 1 is 0.579 bits per heavy atom. The van der Waals surface area contributed by atoms with Crippen molar-refractivity contribution in [1.82, 2.24) is 5.32 Å². The lowest BCUT2D eigenvalue weighted by atomic mass is 9.99. The van der Waals surface area contributed by atoms with Crippen LogP contribution in [0.2, 0.25) is 0 Å². The van der Waals surface area contributed by atoms with Gasteiger partial charge in [0.2, 0.25) is 5.91 Å². The van der Waals surface area contributed by atoms with Crippen molar-refractivity contribution in [3.05, 3.63) is 12.2 Å². The lowest BCUT2D eigenvalue weighted by Gasteiger charge is -2.40. The van der Waals surface area contributed by atoms with E-state index < -0.39 is 49.5 Å². The normalized spacial score (nSPS) is 21.0. The first-order valence-electron chi connectivity index (χ1n) is 24.4. The van der Waals surface area contributed by atoms with Crippen LogP contribution in [0.25, 0.3) is 0 Å². The smallest absolute Gasteiger partial charge is 0.220 e. The van der Waals surface area contributed by atoms with E-state index in [1.165, 1.54) is 167 Å². The molecule has 0 aromatic carbocycles. The Morgan fingerprint density at radius 3 is 1.42 bits per heavy atom. The van der Waals surface area contributed by atoms with Crippen LogP contribution >= 0.6 is 0 Å². The van der Waals surface area contributed by atoms with Gasteiger partial charge in [-0.25, -0.2) is 0 Å². The standard InChI is InChI=1S/C48H93NO8/c1-3-5-7-9-11-13-15-16-17-18-19-20-21-22-23-24-25-26-28-30-32-34-36-38-44(52)49-41(40-56-48-47(55)46(54)45(53)43(39-50)57-48)42(51)37-35-33-31-29-27-14-12-10-8-6-4-2/h18-19,41-43,45-48,50-51,53-55H,3-17,20-40H2,1-2H3,(H,49,52)/b19-18-. The van der Waals surface area contributed by atoms with Crippen molar-refractivity contribution in [2.24, 2.45) is 0 Å². The zero-order valence-corrected chi connectivity index (χ0v) is 37.1. The van der Waals surface area contributed by atoms with Crippen LogP contribution in [0.5, 0.6) is 0 Å². The number of rotatable bonds is 41. The van der Waals surface area contributed by atoms with Crippen molar-refractivity contribution in [1.29, 1.82) is 0 Å². The van der Waals surface area contributed by atoms with Gasteiger partial charge in [0.25, 0.3) is 0 Å². The summed E-state index contributed by atoms with van der Waals surface area (Å²) in [6.45, 7) is 3.83. The molecule has 0 radical (unpaired) electrons. The molecule has 6 N–H and O–H groups in total. The van der Waals surface area contributed by atoms with Crippen LogP contribution in [0.1, 0.15) is 232 Å². The summed E-state index contributed by atoms with van der Waals surface area (Å²) in [5.74, 6) is -0.144. The highest BCUT2D eigenvalue weighted by Gasteiger charge is 2.44. The number of nitrogens with one attached hydrogen (secondary N) is 1. The van der Waals surface area contributed by atoms with Gasteiger partial charge in [-0.3, -0.25) is 4.79 Å². The van der Waals surface area contributed by atoms with Crippen molar-refractivity contribution in [2.45, 2.75) is 275 Å². The predicted molar refractivity (Wildman–Crippen MR) is 235 cm³/mol. The summed E-state index contributed by atoms with van der Waals surface area (Å²) in [6.07, 6.45) is 38.0. The largest absolute Gasteiger partial charge is 0.394 e. The average molecular weight is 812 g/mol. The van der Waals surface area contributed by atoms with E-state index in [9.17, 15) is 30.3 Å². The number of aliphatic hydroxyl groups excluding tert-OH is 5. The molecule has 9 heteroatoms. The van der Waals surface area contributed by atoms with Crippen LogP contribution in [0, 0.1) is 0 Å². The molecule has 338 valence electrons. The first-order valence-corrected chi connectivity index (χ1v) is 24.4. The molecule has 1 fully saturated rings. The van der Waals surface area contributed by atoms with E-state index in [-0.39, 0.29) is 12.5 Å². The summed E-state index contributed by atoms with van der Waals surface area (Å²) in [4.78, 5) is 13.0. The van der Waals surface area contributed by atoms with Crippen LogP contribution in [-0.2, 0) is 14.3 Å². The summed E-state index contributed by atoms with van der Waals surface area (Å²) < 4.78 is 11.3. The zero-order chi connectivity index (χ0) is 41.6. The van der Waals surface area contributed by atoms with Crippen molar-refractivity contribution in [3.8, 4) is 0 Å². The second kappa shape index (κ2) is 39.1. The molecule has 7 unspecified atom stereocenters. The number of carbonyl (C=O) groups excluding carboxylic acids is 1. The molecule has 1 heterocycles. The second-order valence-corrected chi connectivity index (χ2v) is 17.3. The van der Waals surface area contributed by atoms with Gasteiger partial charge >= 0.3 is 0 Å². The van der Waals surface area contributed by atoms with Gasteiger partial charge in [-0.2, -0.15) is 0 Å². The van der Waals surface area contributed by atoms with E-state index in [2.05, 4.69) is 31.3 Å². The van der Waals surface area contributed by atoms with Gasteiger partial charge < -0.3 is 40.3 Å². The highest BCUT2D eigenvalue weighted by molar-refractivity contribution is 5.76. The first-order chi connectivity index (χ1) is 27.8. The molecular weight excluding hydrogens is 719 g/mol. The number of aliphatic hydroxyl groups is 5. The minimum absolute atomic E-state index is 0.135. The number of hydrogen-bond donors (Lipinski definition) is 6. The van der Waals surface area contributed by atoms with Crippen LogP contribution in [0.3, 0.4) is 0 Å². The van der Waals surface area contributed by atoms with E-state index in [1.807, 2.05) is 0 Å². The fourth-order valence-corrected chi connectivity index (χ4v) is 7.92. The van der Waals surface area contributed by atoms with E-state index in [1.54, 1.807) is 0 Å². The summed E-state index contributed by atoms with van der Waals surface area (Å²) in [5.41, 5.74) is 0. The quantitative estimate of drug-likeness (QED) is 0.0264. The van der Waals surface area contributed by atoms with Gasteiger partial charge in [0.1, 0.15) is 24.4 Å². The van der Waals surface area contributed by atoms with Gasteiger partial charge in [0, 0.05) is 6.42 Å². The van der Waals surface area contributed by atoms with E-state index in [0.717, 1.165) is 38.5 Å². The van der Waals surface area contributed by atoms with E-state index >= 15 is 0 Å². The third kappa shape index (κ3) is 29.7. The minimum Gasteiger partial charge on any atom is -0.394 e. The molecule has 1 saturated heterocycles. The molecule has 0 spiro atoms. The second-order valence-electron chi connectivity index (χ2n) is 17.3. The molecular formula is C48H93NO8. The highest BCUT2D eigenvalue weighted by Crippen LogP contribution is 2.23. The van der Waals surface area contributed by atoms with Crippen molar-refractivity contribution < 1.29 is 39.8 Å². The van der Waals surface area contributed by atoms with Crippen molar-refractivity contribution in [2.75, 3.05) is 13.2 Å². The third-order valence-corrected chi connectivity index (χ3v) is 11.9. The van der Waals surface area contributed by atoms with E-state index in [0.29, 0.717) is 12.8 Å². The fourth-order valence-electron chi connectivity index (χ4n) is 7.92. The van der Waals surface area contributed by atoms with Gasteiger partial charge in [0.15, 0.2) is 6.29 Å². The molecule has 1 rings (SSSR count). The molecule has 1 aliphatic heterocycles. The third-order valence-electron chi connectivity index (χ3n) is 11.9. The number of amides is 1. The molecule has 0 aromatic heterocycles. The SMILES string of the molecule is CCCCCCCCCC/C=C\CCCCCCCCCCCCCC(=O)NC(COC1OC(CO)C(O)C(O)C1O)C(O)CCCCCCCCCCCCC. The minimum atomic E-state index is -1.55. The van der Waals surface area contributed by atoms with Crippen molar-refractivity contribution >= 4 is 5.91 Å². The molecule has 0 saturated carbocycles. The maximum atomic E-state index is 13.0. The monoisotopic (exact) mass is 812 g/mol. The molecule has 1 amide bonds. The van der Waals surface area contributed by atoms with Gasteiger partial charge in [-0.1, -0.05) is 199 Å². The summed E-state index contributed by atoms with van der Waals surface area (Å²) in [5, 5.41) is 54.3. The number of ether oxygens (including phenoxy) is 2. The molecule has 57 heavy (non-hydrogen) atoms. The molecule has 0 aliphatic carbocycles. The Labute approximate surface area is 350 Å². The zero-order valence-electron chi connectivity index (χ0n) is 37.1. The number of unbranched alkanes of at least 4 members (excludes halogenated alkanes) is 29.